The Labute approximate surface area is 104 Å². The molecule has 18 heavy (non-hydrogen) atoms. The van der Waals surface area contributed by atoms with Crippen LogP contribution in [0, 0.1) is 0 Å². The molecule has 3 heterocycles. The van der Waals surface area contributed by atoms with Crippen LogP contribution in [0.15, 0.2) is 60.9 Å². The van der Waals surface area contributed by atoms with Gasteiger partial charge in [-0.3, -0.25) is 4.98 Å². The summed E-state index contributed by atoms with van der Waals surface area (Å²) in [6, 6.07) is 15.3. The molecule has 0 aliphatic rings. The first-order valence-electron chi connectivity index (χ1n) is 5.60. The Kier molecular flexibility index (Phi) is 2.75. The zero-order chi connectivity index (χ0) is 12.2. The fourth-order valence-electron chi connectivity index (χ4n) is 1.67. The zero-order valence-corrected chi connectivity index (χ0v) is 9.56. The fourth-order valence-corrected chi connectivity index (χ4v) is 1.67. The third-order valence-electron chi connectivity index (χ3n) is 2.51. The normalized spacial score (nSPS) is 10.2. The van der Waals surface area contributed by atoms with Gasteiger partial charge < -0.3 is 0 Å². The molecule has 4 heteroatoms. The summed E-state index contributed by atoms with van der Waals surface area (Å²) in [5.41, 5.74) is 3.24. The highest BCUT2D eigenvalue weighted by Gasteiger charge is 2.04. The maximum Gasteiger partial charge on any atom is 0.111 e. The van der Waals surface area contributed by atoms with E-state index in [0.29, 0.717) is 0 Å². The van der Waals surface area contributed by atoms with Crippen molar-refractivity contribution < 1.29 is 0 Å². The van der Waals surface area contributed by atoms with Crippen LogP contribution in [0.25, 0.3) is 22.8 Å². The molecule has 0 atom stereocenters. The second kappa shape index (κ2) is 4.71. The van der Waals surface area contributed by atoms with Crippen molar-refractivity contribution in [3.8, 4) is 22.8 Å². The Bertz CT molecular complexity index is 583. The summed E-state index contributed by atoms with van der Waals surface area (Å²) in [7, 11) is 0. The van der Waals surface area contributed by atoms with E-state index >= 15 is 0 Å². The lowest BCUT2D eigenvalue weighted by molar-refractivity contribution is 1.03. The second-order valence-corrected chi connectivity index (χ2v) is 3.73. The van der Waals surface area contributed by atoms with Gasteiger partial charge in [0.25, 0.3) is 0 Å². The van der Waals surface area contributed by atoms with E-state index in [2.05, 4.69) is 20.2 Å². The van der Waals surface area contributed by atoms with Gasteiger partial charge in [-0.2, -0.15) is 5.10 Å². The van der Waals surface area contributed by atoms with Gasteiger partial charge in [0.15, 0.2) is 0 Å². The Balaban J connectivity index is 2.05. The van der Waals surface area contributed by atoms with Crippen LogP contribution in [0.3, 0.4) is 0 Å². The van der Waals surface area contributed by atoms with Crippen molar-refractivity contribution in [2.75, 3.05) is 0 Å². The van der Waals surface area contributed by atoms with Crippen LogP contribution in [-0.4, -0.2) is 20.2 Å². The predicted octanol–water partition coefficient (Wildman–Crippen LogP) is 2.60. The van der Waals surface area contributed by atoms with Gasteiger partial charge in [-0.25, -0.2) is 4.98 Å². The highest BCUT2D eigenvalue weighted by Crippen LogP contribution is 2.18. The molecule has 3 rings (SSSR count). The van der Waals surface area contributed by atoms with E-state index in [9.17, 15) is 0 Å². The van der Waals surface area contributed by atoms with Crippen LogP contribution >= 0.6 is 0 Å². The molecule has 86 valence electrons. The van der Waals surface area contributed by atoms with Crippen LogP contribution < -0.4 is 0 Å². The van der Waals surface area contributed by atoms with E-state index in [1.807, 2.05) is 48.5 Å². The number of nitrogens with zero attached hydrogens (tertiary/aromatic N) is 4. The average Bonchev–Trinajstić information content (AvgIpc) is 2.49. The summed E-state index contributed by atoms with van der Waals surface area (Å²) < 4.78 is 0. The first kappa shape index (κ1) is 10.5. The lowest BCUT2D eigenvalue weighted by atomic mass is 10.2. The minimum atomic E-state index is 0.760. The molecule has 3 aromatic rings. The van der Waals surface area contributed by atoms with E-state index in [0.717, 1.165) is 22.8 Å². The van der Waals surface area contributed by atoms with Crippen molar-refractivity contribution in [2.45, 2.75) is 0 Å². The fraction of sp³-hybridized carbons (Fsp3) is 0. The number of rotatable bonds is 2. The third-order valence-corrected chi connectivity index (χ3v) is 2.51. The van der Waals surface area contributed by atoms with Crippen LogP contribution in [0.2, 0.25) is 0 Å². The molecular formula is C14H10N4. The van der Waals surface area contributed by atoms with Crippen molar-refractivity contribution in [3.05, 3.63) is 60.9 Å². The van der Waals surface area contributed by atoms with Crippen LogP contribution in [0.4, 0.5) is 0 Å². The van der Waals surface area contributed by atoms with Crippen LogP contribution in [0.1, 0.15) is 0 Å². The predicted molar refractivity (Wildman–Crippen MR) is 68.5 cm³/mol. The van der Waals surface area contributed by atoms with E-state index < -0.39 is 0 Å². The molecule has 0 unspecified atom stereocenters. The molecular weight excluding hydrogens is 224 g/mol. The maximum absolute atomic E-state index is 4.55. The van der Waals surface area contributed by atoms with Gasteiger partial charge in [-0.05, 0) is 36.4 Å². The summed E-state index contributed by atoms with van der Waals surface area (Å²) >= 11 is 0. The van der Waals surface area contributed by atoms with Gasteiger partial charge >= 0.3 is 0 Å². The third kappa shape index (κ3) is 2.08. The molecule has 3 aromatic heterocycles. The maximum atomic E-state index is 4.55. The van der Waals surface area contributed by atoms with Crippen molar-refractivity contribution >= 4 is 0 Å². The standard InChI is InChI=1S/C14H10N4/c1-2-9-15-11(5-1)12-6-3-7-13(17-12)14-8-4-10-16-18-14/h1-10H. The van der Waals surface area contributed by atoms with Gasteiger partial charge in [0.05, 0.1) is 17.1 Å². The Morgan fingerprint density at radius 2 is 1.39 bits per heavy atom. The summed E-state index contributed by atoms with van der Waals surface area (Å²) in [6.45, 7) is 0. The minimum absolute atomic E-state index is 0.760. The lowest BCUT2D eigenvalue weighted by Crippen LogP contribution is -1.92. The van der Waals surface area contributed by atoms with E-state index in [1.165, 1.54) is 0 Å². The highest BCUT2D eigenvalue weighted by atomic mass is 15.1. The molecule has 0 aliphatic carbocycles. The summed E-state index contributed by atoms with van der Waals surface area (Å²) in [4.78, 5) is 8.83. The first-order chi connectivity index (χ1) is 8.93. The van der Waals surface area contributed by atoms with Gasteiger partial charge in [-0.1, -0.05) is 12.1 Å². The van der Waals surface area contributed by atoms with Gasteiger partial charge in [-0.15, -0.1) is 5.10 Å². The van der Waals surface area contributed by atoms with Crippen LogP contribution in [-0.2, 0) is 0 Å². The molecule has 0 aromatic carbocycles. The molecule has 0 bridgehead atoms. The molecule has 0 saturated carbocycles. The number of hydrogen-bond acceptors (Lipinski definition) is 4. The van der Waals surface area contributed by atoms with Crippen molar-refractivity contribution in [2.24, 2.45) is 0 Å². The van der Waals surface area contributed by atoms with E-state index in [1.54, 1.807) is 12.4 Å². The van der Waals surface area contributed by atoms with Gasteiger partial charge in [0, 0.05) is 12.4 Å². The molecule has 0 aliphatic heterocycles. The quantitative estimate of drug-likeness (QED) is 0.684. The van der Waals surface area contributed by atoms with Gasteiger partial charge in [0.2, 0.25) is 0 Å². The smallest absolute Gasteiger partial charge is 0.111 e. The summed E-state index contributed by atoms with van der Waals surface area (Å²) in [5, 5.41) is 7.91. The molecule has 4 nitrogen and oxygen atoms in total. The number of aromatic nitrogens is 4. The van der Waals surface area contributed by atoms with Crippen molar-refractivity contribution in [1.29, 1.82) is 0 Å². The van der Waals surface area contributed by atoms with Crippen molar-refractivity contribution in [1.82, 2.24) is 20.2 Å². The average molecular weight is 234 g/mol. The monoisotopic (exact) mass is 234 g/mol. The lowest BCUT2D eigenvalue weighted by Gasteiger charge is -2.02. The Morgan fingerprint density at radius 1 is 0.611 bits per heavy atom. The summed E-state index contributed by atoms with van der Waals surface area (Å²) in [6.07, 6.45) is 3.40. The van der Waals surface area contributed by atoms with E-state index in [-0.39, 0.29) is 0 Å². The van der Waals surface area contributed by atoms with E-state index in [4.69, 9.17) is 0 Å². The largest absolute Gasteiger partial charge is 0.255 e. The molecule has 0 amide bonds. The Morgan fingerprint density at radius 3 is 2.11 bits per heavy atom. The summed E-state index contributed by atoms with van der Waals surface area (Å²) in [5.74, 6) is 0. The molecule has 0 fully saturated rings. The van der Waals surface area contributed by atoms with Crippen molar-refractivity contribution in [3.63, 3.8) is 0 Å². The molecule has 0 radical (unpaired) electrons. The van der Waals surface area contributed by atoms with Crippen LogP contribution in [0.5, 0.6) is 0 Å². The van der Waals surface area contributed by atoms with Gasteiger partial charge in [0.1, 0.15) is 5.69 Å². The highest BCUT2D eigenvalue weighted by molar-refractivity contribution is 5.60. The molecule has 0 saturated heterocycles. The number of hydrogen-bond donors (Lipinski definition) is 0. The Hall–Kier alpha value is -2.62. The molecule has 0 spiro atoms. The zero-order valence-electron chi connectivity index (χ0n) is 9.56. The topological polar surface area (TPSA) is 51.6 Å². The number of pyridine rings is 2. The second-order valence-electron chi connectivity index (χ2n) is 3.73. The first-order valence-corrected chi connectivity index (χ1v) is 5.60. The minimum Gasteiger partial charge on any atom is -0.255 e. The SMILES string of the molecule is c1ccc(-c2cccc(-c3cccnn3)n2)nc1. The molecule has 0 N–H and O–H groups in total.